The number of nitrogen functional groups attached to an aromatic ring is 1. The van der Waals surface area contributed by atoms with Crippen molar-refractivity contribution in [1.29, 1.82) is 5.26 Å². The number of anilines is 2. The normalized spacial score (nSPS) is 9.85. The van der Waals surface area contributed by atoms with Gasteiger partial charge in [-0.25, -0.2) is 0 Å². The van der Waals surface area contributed by atoms with Gasteiger partial charge in [-0.1, -0.05) is 0 Å². The van der Waals surface area contributed by atoms with Crippen LogP contribution in [-0.2, 0) is 0 Å². The predicted molar refractivity (Wildman–Crippen MR) is 85.4 cm³/mol. The van der Waals surface area contributed by atoms with Crippen LogP contribution in [0.4, 0.5) is 11.4 Å². The van der Waals surface area contributed by atoms with Crippen molar-refractivity contribution >= 4 is 49.1 Å². The molecule has 0 fully saturated rings. The topological polar surface area (TPSA) is 78.9 Å². The first-order valence-electron chi connectivity index (χ1n) is 5.57. The highest BCUT2D eigenvalue weighted by Gasteiger charge is 2.10. The third kappa shape index (κ3) is 3.18. The number of nitrogens with one attached hydrogen (secondary N) is 1. The van der Waals surface area contributed by atoms with Gasteiger partial charge in [0.1, 0.15) is 0 Å². The number of rotatable bonds is 2. The molecule has 100 valence electrons. The molecule has 6 heteroatoms. The predicted octanol–water partition coefficient (Wildman–Crippen LogP) is 3.92. The molecule has 3 N–H and O–H groups in total. The summed E-state index contributed by atoms with van der Waals surface area (Å²) in [4.78, 5) is 12.1. The average Bonchev–Trinajstić information content (AvgIpc) is 2.43. The van der Waals surface area contributed by atoms with Crippen molar-refractivity contribution in [3.8, 4) is 6.07 Å². The lowest BCUT2D eigenvalue weighted by molar-refractivity contribution is 0.102. The lowest BCUT2D eigenvalue weighted by Gasteiger charge is -2.08. The van der Waals surface area contributed by atoms with E-state index in [4.69, 9.17) is 11.0 Å². The Morgan fingerprint density at radius 2 is 1.90 bits per heavy atom. The van der Waals surface area contributed by atoms with Crippen molar-refractivity contribution in [1.82, 2.24) is 0 Å². The summed E-state index contributed by atoms with van der Waals surface area (Å²) in [6.45, 7) is 0. The zero-order chi connectivity index (χ0) is 14.7. The number of nitriles is 1. The van der Waals surface area contributed by atoms with Gasteiger partial charge in [0.2, 0.25) is 0 Å². The van der Waals surface area contributed by atoms with Crippen molar-refractivity contribution < 1.29 is 4.79 Å². The van der Waals surface area contributed by atoms with Gasteiger partial charge in [-0.05, 0) is 68.3 Å². The minimum atomic E-state index is -0.254. The molecule has 20 heavy (non-hydrogen) atoms. The molecule has 0 unspecified atom stereocenters. The van der Waals surface area contributed by atoms with Gasteiger partial charge in [0.25, 0.3) is 5.91 Å². The second-order valence-electron chi connectivity index (χ2n) is 4.00. The number of hydrogen-bond acceptors (Lipinski definition) is 3. The van der Waals surface area contributed by atoms with Crippen molar-refractivity contribution in [2.75, 3.05) is 11.1 Å². The molecule has 0 saturated carbocycles. The summed E-state index contributed by atoms with van der Waals surface area (Å²) in [5.41, 5.74) is 7.86. The standard InChI is InChI=1S/C14H9Br2N3O/c15-10-6-9(2-3-12(10)18)14(20)19-13-4-1-8(7-17)5-11(13)16/h1-6H,18H2,(H,19,20). The van der Waals surface area contributed by atoms with Gasteiger partial charge in [0, 0.05) is 20.2 Å². The molecule has 0 heterocycles. The monoisotopic (exact) mass is 393 g/mol. The van der Waals surface area contributed by atoms with E-state index in [1.165, 1.54) is 0 Å². The number of nitrogens with zero attached hydrogens (tertiary/aromatic N) is 1. The molecule has 0 aliphatic heterocycles. The Morgan fingerprint density at radius 3 is 2.50 bits per heavy atom. The first kappa shape index (κ1) is 14.6. The van der Waals surface area contributed by atoms with Gasteiger partial charge < -0.3 is 11.1 Å². The Bertz CT molecular complexity index is 723. The minimum Gasteiger partial charge on any atom is -0.398 e. The summed E-state index contributed by atoms with van der Waals surface area (Å²) in [6.07, 6.45) is 0. The highest BCUT2D eigenvalue weighted by Crippen LogP contribution is 2.25. The van der Waals surface area contributed by atoms with Crippen LogP contribution in [0.5, 0.6) is 0 Å². The van der Waals surface area contributed by atoms with E-state index in [9.17, 15) is 4.79 Å². The van der Waals surface area contributed by atoms with Gasteiger partial charge in [0.05, 0.1) is 17.3 Å². The molecule has 0 aliphatic carbocycles. The van der Waals surface area contributed by atoms with Gasteiger partial charge in [0.15, 0.2) is 0 Å². The van der Waals surface area contributed by atoms with Crippen LogP contribution in [0.1, 0.15) is 15.9 Å². The summed E-state index contributed by atoms with van der Waals surface area (Å²) in [5, 5.41) is 11.6. The second-order valence-corrected chi connectivity index (χ2v) is 5.71. The SMILES string of the molecule is N#Cc1ccc(NC(=O)c2ccc(N)c(Br)c2)c(Br)c1. The largest absolute Gasteiger partial charge is 0.398 e. The van der Waals surface area contributed by atoms with Crippen molar-refractivity contribution in [3.05, 3.63) is 56.5 Å². The summed E-state index contributed by atoms with van der Waals surface area (Å²) in [7, 11) is 0. The van der Waals surface area contributed by atoms with Crippen LogP contribution in [0.25, 0.3) is 0 Å². The molecule has 2 aromatic carbocycles. The zero-order valence-corrected chi connectivity index (χ0v) is 13.3. The average molecular weight is 395 g/mol. The van der Waals surface area contributed by atoms with Gasteiger partial charge in [-0.2, -0.15) is 5.26 Å². The van der Waals surface area contributed by atoms with E-state index in [1.807, 2.05) is 6.07 Å². The minimum absolute atomic E-state index is 0.254. The Kier molecular flexibility index (Phi) is 4.42. The van der Waals surface area contributed by atoms with Crippen LogP contribution >= 0.6 is 31.9 Å². The Morgan fingerprint density at radius 1 is 1.15 bits per heavy atom. The summed E-state index contributed by atoms with van der Waals surface area (Å²) in [6, 6.07) is 12.0. The van der Waals surface area contributed by atoms with Crippen LogP contribution in [0.3, 0.4) is 0 Å². The molecule has 2 rings (SSSR count). The van der Waals surface area contributed by atoms with E-state index in [2.05, 4.69) is 37.2 Å². The fourth-order valence-electron chi connectivity index (χ4n) is 1.55. The number of hydrogen-bond donors (Lipinski definition) is 2. The quantitative estimate of drug-likeness (QED) is 0.757. The number of nitrogens with two attached hydrogens (primary N) is 1. The number of amides is 1. The number of halogens is 2. The highest BCUT2D eigenvalue weighted by atomic mass is 79.9. The van der Waals surface area contributed by atoms with Crippen LogP contribution in [0.2, 0.25) is 0 Å². The van der Waals surface area contributed by atoms with Gasteiger partial charge >= 0.3 is 0 Å². The molecule has 0 saturated heterocycles. The molecule has 2 aromatic rings. The smallest absolute Gasteiger partial charge is 0.255 e. The Labute approximate surface area is 132 Å². The number of carbonyl (C=O) groups excluding carboxylic acids is 1. The van der Waals surface area contributed by atoms with E-state index >= 15 is 0 Å². The van der Waals surface area contributed by atoms with Crippen molar-refractivity contribution in [3.63, 3.8) is 0 Å². The van der Waals surface area contributed by atoms with E-state index in [0.717, 1.165) is 0 Å². The fourth-order valence-corrected chi connectivity index (χ4v) is 2.41. The molecule has 0 atom stereocenters. The maximum absolute atomic E-state index is 12.1. The summed E-state index contributed by atoms with van der Waals surface area (Å²) >= 11 is 6.60. The molecule has 0 bridgehead atoms. The third-order valence-corrected chi connectivity index (χ3v) is 3.95. The fraction of sp³-hybridized carbons (Fsp3) is 0. The highest BCUT2D eigenvalue weighted by molar-refractivity contribution is 9.11. The molecular weight excluding hydrogens is 386 g/mol. The lowest BCUT2D eigenvalue weighted by Crippen LogP contribution is -2.12. The van der Waals surface area contributed by atoms with Crippen LogP contribution in [0.15, 0.2) is 45.3 Å². The Balaban J connectivity index is 2.23. The first-order chi connectivity index (χ1) is 9.51. The maximum Gasteiger partial charge on any atom is 0.255 e. The molecule has 1 amide bonds. The molecule has 4 nitrogen and oxygen atoms in total. The van der Waals surface area contributed by atoms with E-state index in [1.54, 1.807) is 36.4 Å². The van der Waals surface area contributed by atoms with Crippen molar-refractivity contribution in [2.24, 2.45) is 0 Å². The maximum atomic E-state index is 12.1. The molecule has 0 radical (unpaired) electrons. The lowest BCUT2D eigenvalue weighted by atomic mass is 10.2. The summed E-state index contributed by atoms with van der Waals surface area (Å²) < 4.78 is 1.32. The zero-order valence-electron chi connectivity index (χ0n) is 10.2. The third-order valence-electron chi connectivity index (χ3n) is 2.61. The van der Waals surface area contributed by atoms with E-state index in [-0.39, 0.29) is 5.91 Å². The van der Waals surface area contributed by atoms with Gasteiger partial charge in [-0.15, -0.1) is 0 Å². The first-order valence-corrected chi connectivity index (χ1v) is 7.16. The van der Waals surface area contributed by atoms with E-state index < -0.39 is 0 Å². The number of benzene rings is 2. The molecule has 0 aliphatic rings. The molecule has 0 spiro atoms. The molecule has 0 aromatic heterocycles. The van der Waals surface area contributed by atoms with Crippen molar-refractivity contribution in [2.45, 2.75) is 0 Å². The Hall–Kier alpha value is -1.84. The number of carbonyl (C=O) groups is 1. The van der Waals surface area contributed by atoms with Crippen LogP contribution in [0, 0.1) is 11.3 Å². The second kappa shape index (κ2) is 6.07. The molecular formula is C14H9Br2N3O. The van der Waals surface area contributed by atoms with Crippen LogP contribution in [-0.4, -0.2) is 5.91 Å². The van der Waals surface area contributed by atoms with E-state index in [0.29, 0.717) is 31.4 Å². The van der Waals surface area contributed by atoms with Crippen LogP contribution < -0.4 is 11.1 Å². The van der Waals surface area contributed by atoms with Gasteiger partial charge in [-0.3, -0.25) is 4.79 Å². The summed E-state index contributed by atoms with van der Waals surface area (Å²) in [5.74, 6) is -0.254.